The predicted octanol–water partition coefficient (Wildman–Crippen LogP) is 10.4. The maximum absolute atomic E-state index is 5.38. The molecule has 0 bridgehead atoms. The van der Waals surface area contributed by atoms with Crippen LogP contribution < -0.4 is 5.32 Å². The minimum absolute atomic E-state index is 0.304. The standard InChI is InChI=1S/C41H26N4S/c1-2-13-27(14-3-1)39-42-40(32-19-10-18-31-30-17-8-9-20-35(30)46-38(31)32)44-41(43-39)45-33-23-21-25-11-4-6-15-28(25)36(33)37-29-16-7-5-12-26(29)22-24-34(37)45/h1-24,39H,(H,42,43,44). The summed E-state index contributed by atoms with van der Waals surface area (Å²) in [5, 5.41) is 13.6. The summed E-state index contributed by atoms with van der Waals surface area (Å²) < 4.78 is 4.77. The fourth-order valence-electron chi connectivity index (χ4n) is 7.17. The van der Waals surface area contributed by atoms with E-state index in [9.17, 15) is 0 Å². The van der Waals surface area contributed by atoms with E-state index in [1.165, 1.54) is 52.5 Å². The molecule has 9 aromatic rings. The Labute approximate surface area is 268 Å². The molecular formula is C41H26N4S. The van der Waals surface area contributed by atoms with E-state index < -0.39 is 0 Å². The monoisotopic (exact) mass is 606 g/mol. The van der Waals surface area contributed by atoms with Crippen LogP contribution in [0.1, 0.15) is 17.3 Å². The number of benzene rings is 7. The van der Waals surface area contributed by atoms with Crippen molar-refractivity contribution in [3.05, 3.63) is 157 Å². The van der Waals surface area contributed by atoms with Crippen LogP contribution in [0, 0.1) is 0 Å². The SMILES string of the molecule is c1ccc(C2N=C(n3c4ccc5ccccc5c4c4c5ccccc5ccc43)N=C(c3cccc4c3sc3ccccc34)N2)cc1. The number of aliphatic imine (C=N–C) groups is 2. The van der Waals surface area contributed by atoms with Crippen molar-refractivity contribution in [2.75, 3.05) is 0 Å². The summed E-state index contributed by atoms with van der Waals surface area (Å²) in [4.78, 5) is 10.7. The molecule has 5 heteroatoms. The van der Waals surface area contributed by atoms with Gasteiger partial charge in [0, 0.05) is 36.5 Å². The summed E-state index contributed by atoms with van der Waals surface area (Å²) in [6.07, 6.45) is -0.304. The topological polar surface area (TPSA) is 41.7 Å². The third-order valence-electron chi connectivity index (χ3n) is 9.25. The predicted molar refractivity (Wildman–Crippen MR) is 195 cm³/mol. The molecule has 1 aliphatic heterocycles. The minimum Gasteiger partial charge on any atom is -0.344 e. The number of thiophene rings is 1. The van der Waals surface area contributed by atoms with Gasteiger partial charge >= 0.3 is 0 Å². The minimum atomic E-state index is -0.304. The molecule has 2 aromatic heterocycles. The Morgan fingerprint density at radius 2 is 1.15 bits per heavy atom. The van der Waals surface area contributed by atoms with Gasteiger partial charge in [-0.2, -0.15) is 4.99 Å². The van der Waals surface area contributed by atoms with Gasteiger partial charge in [-0.15, -0.1) is 11.3 Å². The first-order valence-corrected chi connectivity index (χ1v) is 16.4. The summed E-state index contributed by atoms with van der Waals surface area (Å²) in [5.74, 6) is 1.50. The average molecular weight is 607 g/mol. The van der Waals surface area contributed by atoms with E-state index in [4.69, 9.17) is 9.98 Å². The van der Waals surface area contributed by atoms with Crippen molar-refractivity contribution < 1.29 is 0 Å². The van der Waals surface area contributed by atoms with Gasteiger partial charge in [-0.25, -0.2) is 4.99 Å². The van der Waals surface area contributed by atoms with Crippen LogP contribution in [0.25, 0.3) is 63.5 Å². The molecule has 1 N–H and O–H groups in total. The summed E-state index contributed by atoms with van der Waals surface area (Å²) >= 11 is 1.82. The van der Waals surface area contributed by atoms with Crippen LogP contribution in [0.3, 0.4) is 0 Å². The fourth-order valence-corrected chi connectivity index (χ4v) is 8.39. The molecule has 0 aliphatic carbocycles. The highest BCUT2D eigenvalue weighted by molar-refractivity contribution is 7.26. The van der Waals surface area contributed by atoms with Crippen LogP contribution in [-0.2, 0) is 0 Å². The molecule has 3 heterocycles. The third kappa shape index (κ3) is 3.73. The van der Waals surface area contributed by atoms with E-state index in [2.05, 4.69) is 149 Å². The largest absolute Gasteiger partial charge is 0.344 e. The number of rotatable bonds is 2. The van der Waals surface area contributed by atoms with E-state index >= 15 is 0 Å². The lowest BCUT2D eigenvalue weighted by atomic mass is 10.00. The number of aromatic nitrogens is 1. The Balaban J connectivity index is 1.30. The van der Waals surface area contributed by atoms with Gasteiger partial charge in [-0.3, -0.25) is 4.57 Å². The van der Waals surface area contributed by atoms with Crippen LogP contribution in [-0.4, -0.2) is 16.4 Å². The molecule has 0 fully saturated rings. The highest BCUT2D eigenvalue weighted by Crippen LogP contribution is 2.40. The smallest absolute Gasteiger partial charge is 0.234 e. The van der Waals surface area contributed by atoms with Crippen LogP contribution in [0.15, 0.2) is 156 Å². The molecule has 1 atom stereocenters. The maximum Gasteiger partial charge on any atom is 0.234 e. The molecule has 0 saturated carbocycles. The summed E-state index contributed by atoms with van der Waals surface area (Å²) in [5.41, 5.74) is 4.37. The quantitative estimate of drug-likeness (QED) is 0.209. The van der Waals surface area contributed by atoms with E-state index in [0.29, 0.717) is 5.96 Å². The Morgan fingerprint density at radius 3 is 1.87 bits per heavy atom. The van der Waals surface area contributed by atoms with Gasteiger partial charge in [0.05, 0.1) is 11.0 Å². The Bertz CT molecular complexity index is 2640. The highest BCUT2D eigenvalue weighted by atomic mass is 32.1. The number of amidine groups is 1. The summed E-state index contributed by atoms with van der Waals surface area (Å²) in [6.45, 7) is 0. The van der Waals surface area contributed by atoms with Crippen molar-refractivity contribution in [1.82, 2.24) is 9.88 Å². The fraction of sp³-hybridized carbons (Fsp3) is 0.0244. The van der Waals surface area contributed by atoms with E-state index in [1.807, 2.05) is 17.4 Å². The number of hydrogen-bond acceptors (Lipinski definition) is 4. The molecule has 0 radical (unpaired) electrons. The molecule has 1 aliphatic rings. The average Bonchev–Trinajstić information content (AvgIpc) is 3.68. The molecular weight excluding hydrogens is 581 g/mol. The lowest BCUT2D eigenvalue weighted by Crippen LogP contribution is -2.35. The Morgan fingerprint density at radius 1 is 0.543 bits per heavy atom. The second-order valence-corrected chi connectivity index (χ2v) is 12.9. The summed E-state index contributed by atoms with van der Waals surface area (Å²) in [6, 6.07) is 51.9. The molecule has 216 valence electrons. The van der Waals surface area contributed by atoms with E-state index in [1.54, 1.807) is 0 Å². The van der Waals surface area contributed by atoms with Crippen molar-refractivity contribution in [3.8, 4) is 0 Å². The third-order valence-corrected chi connectivity index (χ3v) is 10.5. The van der Waals surface area contributed by atoms with Crippen LogP contribution in [0.5, 0.6) is 0 Å². The van der Waals surface area contributed by atoms with Crippen molar-refractivity contribution in [2.24, 2.45) is 9.98 Å². The van der Waals surface area contributed by atoms with Gasteiger partial charge in [0.1, 0.15) is 12.0 Å². The molecule has 10 rings (SSSR count). The van der Waals surface area contributed by atoms with Crippen molar-refractivity contribution >= 4 is 86.7 Å². The van der Waals surface area contributed by atoms with Crippen molar-refractivity contribution in [3.63, 3.8) is 0 Å². The zero-order chi connectivity index (χ0) is 30.2. The molecule has 0 amide bonds. The van der Waals surface area contributed by atoms with Crippen molar-refractivity contribution in [1.29, 1.82) is 0 Å². The normalized spacial score (nSPS) is 15.2. The Hall–Kier alpha value is -5.78. The molecule has 46 heavy (non-hydrogen) atoms. The van der Waals surface area contributed by atoms with Crippen molar-refractivity contribution in [2.45, 2.75) is 6.17 Å². The molecule has 0 saturated heterocycles. The number of hydrogen-bond donors (Lipinski definition) is 1. The van der Waals surface area contributed by atoms with Gasteiger partial charge in [-0.1, -0.05) is 121 Å². The van der Waals surface area contributed by atoms with Gasteiger partial charge in [0.15, 0.2) is 0 Å². The first-order chi connectivity index (χ1) is 22.8. The van der Waals surface area contributed by atoms with E-state index in [0.717, 1.165) is 28.0 Å². The first-order valence-electron chi connectivity index (χ1n) is 15.5. The van der Waals surface area contributed by atoms with E-state index in [-0.39, 0.29) is 6.17 Å². The maximum atomic E-state index is 5.38. The van der Waals surface area contributed by atoms with Gasteiger partial charge in [-0.05, 0) is 51.4 Å². The first kappa shape index (κ1) is 25.5. The van der Waals surface area contributed by atoms with Gasteiger partial charge < -0.3 is 5.32 Å². The second-order valence-electron chi connectivity index (χ2n) is 11.8. The van der Waals surface area contributed by atoms with Gasteiger partial charge in [0.25, 0.3) is 0 Å². The molecule has 0 spiro atoms. The summed E-state index contributed by atoms with van der Waals surface area (Å²) in [7, 11) is 0. The number of fused-ring (bicyclic) bond motifs is 10. The number of nitrogens with zero attached hydrogens (tertiary/aromatic N) is 3. The molecule has 4 nitrogen and oxygen atoms in total. The highest BCUT2D eigenvalue weighted by Gasteiger charge is 2.26. The zero-order valence-corrected chi connectivity index (χ0v) is 25.5. The lowest BCUT2D eigenvalue weighted by molar-refractivity contribution is 0.669. The van der Waals surface area contributed by atoms with Crippen LogP contribution in [0.4, 0.5) is 0 Å². The lowest BCUT2D eigenvalue weighted by Gasteiger charge is -2.24. The Kier molecular flexibility index (Phi) is 5.47. The van der Waals surface area contributed by atoms with Crippen LogP contribution in [0.2, 0.25) is 0 Å². The molecule has 1 unspecified atom stereocenters. The number of nitrogens with one attached hydrogen (secondary N) is 1. The molecule has 7 aromatic carbocycles. The van der Waals surface area contributed by atoms with Crippen LogP contribution >= 0.6 is 11.3 Å². The second kappa shape index (κ2) is 9.86. The van der Waals surface area contributed by atoms with Gasteiger partial charge in [0.2, 0.25) is 5.96 Å². The zero-order valence-electron chi connectivity index (χ0n) is 24.7.